The highest BCUT2D eigenvalue weighted by atomic mass is 19.3. The van der Waals surface area contributed by atoms with Crippen molar-refractivity contribution in [2.24, 2.45) is 11.8 Å². The smallest absolute Gasteiger partial charge is 0.378 e. The normalized spacial score (nSPS) is 30.6. The molecule has 1 N–H and O–H groups in total. The van der Waals surface area contributed by atoms with Gasteiger partial charge in [-0.3, -0.25) is 4.79 Å². The number of rotatable bonds is 5. The molecule has 1 saturated heterocycles. The van der Waals surface area contributed by atoms with E-state index in [1.807, 2.05) is 0 Å². The minimum atomic E-state index is -4.09. The van der Waals surface area contributed by atoms with E-state index in [0.29, 0.717) is 19.3 Å². The molecule has 1 heterocycles. The highest BCUT2D eigenvalue weighted by Gasteiger charge is 2.53. The molecular weight excluding hydrogens is 274 g/mol. The molecule has 4 atom stereocenters. The SMILES string of the molecule is CC(C)C(OC(=O)C1CCC2OC2C1)C(F)(F)C(=O)O. The molecule has 0 bridgehead atoms. The first kappa shape index (κ1) is 15.2. The number of hydrogen-bond acceptors (Lipinski definition) is 4. The summed E-state index contributed by atoms with van der Waals surface area (Å²) in [4.78, 5) is 22.6. The lowest BCUT2D eigenvalue weighted by Crippen LogP contribution is -2.48. The van der Waals surface area contributed by atoms with Gasteiger partial charge in [-0.2, -0.15) is 8.78 Å². The van der Waals surface area contributed by atoms with E-state index in [2.05, 4.69) is 0 Å². The fourth-order valence-corrected chi connectivity index (χ4v) is 2.59. The van der Waals surface area contributed by atoms with E-state index in [1.165, 1.54) is 13.8 Å². The maximum absolute atomic E-state index is 13.6. The lowest BCUT2D eigenvalue weighted by Gasteiger charge is -2.28. The first-order chi connectivity index (χ1) is 9.23. The maximum atomic E-state index is 13.6. The summed E-state index contributed by atoms with van der Waals surface area (Å²) in [7, 11) is 0. The molecule has 0 aromatic heterocycles. The molecule has 2 fully saturated rings. The molecule has 1 saturated carbocycles. The Labute approximate surface area is 115 Å². The van der Waals surface area contributed by atoms with E-state index in [1.54, 1.807) is 0 Å². The van der Waals surface area contributed by atoms with Gasteiger partial charge in [0, 0.05) is 0 Å². The van der Waals surface area contributed by atoms with E-state index in [-0.39, 0.29) is 12.2 Å². The Morgan fingerprint density at radius 2 is 1.95 bits per heavy atom. The third kappa shape index (κ3) is 2.92. The number of ether oxygens (including phenoxy) is 2. The van der Waals surface area contributed by atoms with E-state index in [4.69, 9.17) is 14.6 Å². The molecule has 0 spiro atoms. The zero-order chi connectivity index (χ0) is 15.1. The average Bonchev–Trinajstić information content (AvgIpc) is 3.12. The summed E-state index contributed by atoms with van der Waals surface area (Å²) in [6.07, 6.45) is -0.0211. The van der Waals surface area contributed by atoms with Crippen molar-refractivity contribution in [1.82, 2.24) is 0 Å². The van der Waals surface area contributed by atoms with Crippen molar-refractivity contribution in [3.05, 3.63) is 0 Å². The number of carboxylic acids is 1. The second kappa shape index (κ2) is 5.27. The predicted molar refractivity (Wildman–Crippen MR) is 63.3 cm³/mol. The second-order valence-electron chi connectivity index (χ2n) is 5.75. The number of halogens is 2. The van der Waals surface area contributed by atoms with Gasteiger partial charge in [-0.25, -0.2) is 4.79 Å². The molecule has 0 aromatic rings. The van der Waals surface area contributed by atoms with Gasteiger partial charge in [-0.05, 0) is 25.2 Å². The van der Waals surface area contributed by atoms with Crippen LogP contribution >= 0.6 is 0 Å². The van der Waals surface area contributed by atoms with Crippen molar-refractivity contribution in [2.75, 3.05) is 0 Å². The Morgan fingerprint density at radius 1 is 1.30 bits per heavy atom. The second-order valence-corrected chi connectivity index (χ2v) is 5.75. The molecule has 0 radical (unpaired) electrons. The molecule has 0 aromatic carbocycles. The van der Waals surface area contributed by atoms with Crippen LogP contribution in [0.4, 0.5) is 8.78 Å². The van der Waals surface area contributed by atoms with E-state index in [9.17, 15) is 18.4 Å². The number of aliphatic carboxylic acids is 1. The predicted octanol–water partition coefficient (Wildman–Crippen LogP) is 1.84. The van der Waals surface area contributed by atoms with Gasteiger partial charge in [-0.1, -0.05) is 13.8 Å². The minimum absolute atomic E-state index is 0.0267. The van der Waals surface area contributed by atoms with Gasteiger partial charge < -0.3 is 14.6 Å². The third-order valence-corrected chi connectivity index (χ3v) is 3.83. The van der Waals surface area contributed by atoms with Crippen LogP contribution in [0.2, 0.25) is 0 Å². The summed E-state index contributed by atoms with van der Waals surface area (Å²) in [5.41, 5.74) is 0. The van der Waals surface area contributed by atoms with Gasteiger partial charge in [0.05, 0.1) is 18.1 Å². The Bertz CT molecular complexity index is 410. The molecule has 7 heteroatoms. The zero-order valence-corrected chi connectivity index (χ0v) is 11.3. The van der Waals surface area contributed by atoms with Crippen molar-refractivity contribution in [3.63, 3.8) is 0 Å². The zero-order valence-electron chi connectivity index (χ0n) is 11.3. The fraction of sp³-hybridized carbons (Fsp3) is 0.846. The highest BCUT2D eigenvalue weighted by Crippen LogP contribution is 2.40. The average molecular weight is 292 g/mol. The number of alkyl halides is 2. The Hall–Kier alpha value is -1.24. The van der Waals surface area contributed by atoms with Crippen LogP contribution in [0.25, 0.3) is 0 Å². The number of hydrogen-bond donors (Lipinski definition) is 1. The molecule has 2 rings (SSSR count). The van der Waals surface area contributed by atoms with Crippen molar-refractivity contribution >= 4 is 11.9 Å². The fourth-order valence-electron chi connectivity index (χ4n) is 2.59. The van der Waals surface area contributed by atoms with Crippen LogP contribution in [0, 0.1) is 11.8 Å². The summed E-state index contributed by atoms with van der Waals surface area (Å²) in [6.45, 7) is 2.80. The lowest BCUT2D eigenvalue weighted by molar-refractivity contribution is -0.201. The van der Waals surface area contributed by atoms with Gasteiger partial charge >= 0.3 is 17.9 Å². The summed E-state index contributed by atoms with van der Waals surface area (Å²) in [5.74, 6) is -8.39. The van der Waals surface area contributed by atoms with Crippen LogP contribution in [0.1, 0.15) is 33.1 Å². The van der Waals surface area contributed by atoms with Crippen molar-refractivity contribution < 1.29 is 33.0 Å². The van der Waals surface area contributed by atoms with Crippen LogP contribution in [-0.4, -0.2) is 41.3 Å². The number of carboxylic acid groups (broad SMARTS) is 1. The lowest BCUT2D eigenvalue weighted by atomic mass is 9.89. The van der Waals surface area contributed by atoms with Crippen LogP contribution in [0.3, 0.4) is 0 Å². The molecule has 1 aliphatic heterocycles. The van der Waals surface area contributed by atoms with Gasteiger partial charge in [0.25, 0.3) is 0 Å². The molecule has 2 aliphatic rings. The van der Waals surface area contributed by atoms with E-state index >= 15 is 0 Å². The summed E-state index contributed by atoms with van der Waals surface area (Å²) in [6, 6.07) is 0. The number of esters is 1. The monoisotopic (exact) mass is 292 g/mol. The Morgan fingerprint density at radius 3 is 2.45 bits per heavy atom. The molecular formula is C13H18F2O5. The van der Waals surface area contributed by atoms with E-state index < -0.39 is 35.8 Å². The van der Waals surface area contributed by atoms with Crippen LogP contribution in [-0.2, 0) is 19.1 Å². The molecule has 20 heavy (non-hydrogen) atoms. The van der Waals surface area contributed by atoms with Crippen molar-refractivity contribution in [2.45, 2.75) is 57.3 Å². The third-order valence-electron chi connectivity index (χ3n) is 3.83. The number of fused-ring (bicyclic) bond motifs is 1. The molecule has 4 unspecified atom stereocenters. The van der Waals surface area contributed by atoms with Gasteiger partial charge in [0.15, 0.2) is 6.10 Å². The van der Waals surface area contributed by atoms with Crippen molar-refractivity contribution in [3.8, 4) is 0 Å². The van der Waals surface area contributed by atoms with Crippen LogP contribution in [0.15, 0.2) is 0 Å². The van der Waals surface area contributed by atoms with Crippen LogP contribution in [0.5, 0.6) is 0 Å². The number of carbonyl (C=O) groups is 2. The number of carbonyl (C=O) groups excluding carboxylic acids is 1. The largest absolute Gasteiger partial charge is 0.477 e. The quantitative estimate of drug-likeness (QED) is 0.618. The Balaban J connectivity index is 2.00. The summed E-state index contributed by atoms with van der Waals surface area (Å²) < 4.78 is 37.2. The van der Waals surface area contributed by atoms with Crippen LogP contribution < -0.4 is 0 Å². The summed E-state index contributed by atoms with van der Waals surface area (Å²) in [5, 5.41) is 8.57. The molecule has 0 amide bonds. The highest BCUT2D eigenvalue weighted by molar-refractivity contribution is 5.78. The first-order valence-corrected chi connectivity index (χ1v) is 6.70. The number of epoxide rings is 1. The Kier molecular flexibility index (Phi) is 4.00. The summed E-state index contributed by atoms with van der Waals surface area (Å²) >= 11 is 0. The van der Waals surface area contributed by atoms with Gasteiger partial charge in [0.1, 0.15) is 0 Å². The molecule has 1 aliphatic carbocycles. The maximum Gasteiger partial charge on any atom is 0.378 e. The van der Waals surface area contributed by atoms with E-state index in [0.717, 1.165) is 0 Å². The first-order valence-electron chi connectivity index (χ1n) is 6.70. The molecule has 5 nitrogen and oxygen atoms in total. The van der Waals surface area contributed by atoms with Gasteiger partial charge in [-0.15, -0.1) is 0 Å². The van der Waals surface area contributed by atoms with Gasteiger partial charge in [0.2, 0.25) is 0 Å². The standard InChI is InChI=1S/C13H18F2O5/c1-6(2)10(13(14,15)12(17)18)20-11(16)7-3-4-8-9(5-7)19-8/h6-10H,3-5H2,1-2H3,(H,17,18). The van der Waals surface area contributed by atoms with Crippen molar-refractivity contribution in [1.29, 1.82) is 0 Å². The minimum Gasteiger partial charge on any atom is -0.477 e. The topological polar surface area (TPSA) is 76.1 Å². The molecule has 114 valence electrons.